The SMILES string of the molecule is Cc1ccc(N=Nc2ccc(O)c(/C=C3\SC(=O)N(Cc4ccccc4F)C3=O)c2)cc1Cl. The molecule has 0 saturated carbocycles. The van der Waals surface area contributed by atoms with Crippen LogP contribution in [0.1, 0.15) is 16.7 Å². The molecule has 9 heteroatoms. The van der Waals surface area contributed by atoms with Gasteiger partial charge in [-0.25, -0.2) is 4.39 Å². The van der Waals surface area contributed by atoms with E-state index >= 15 is 0 Å². The van der Waals surface area contributed by atoms with Gasteiger partial charge in [0, 0.05) is 16.1 Å². The molecule has 1 heterocycles. The van der Waals surface area contributed by atoms with Crippen molar-refractivity contribution in [1.29, 1.82) is 0 Å². The Kier molecular flexibility index (Phi) is 6.57. The van der Waals surface area contributed by atoms with Crippen LogP contribution in [0.25, 0.3) is 6.08 Å². The van der Waals surface area contributed by atoms with E-state index in [1.807, 2.05) is 13.0 Å². The van der Waals surface area contributed by atoms with Crippen LogP contribution in [-0.4, -0.2) is 21.2 Å². The number of benzene rings is 3. The van der Waals surface area contributed by atoms with E-state index in [-0.39, 0.29) is 22.8 Å². The Labute approximate surface area is 198 Å². The third-order valence-corrected chi connectivity index (χ3v) is 6.21. The number of imide groups is 1. The quantitative estimate of drug-likeness (QED) is 0.310. The molecule has 4 rings (SSSR count). The molecule has 1 aliphatic heterocycles. The van der Waals surface area contributed by atoms with Crippen LogP contribution in [0.3, 0.4) is 0 Å². The van der Waals surface area contributed by atoms with Gasteiger partial charge in [-0.2, -0.15) is 10.2 Å². The molecule has 2 amide bonds. The second-order valence-corrected chi connectivity index (χ2v) is 8.64. The van der Waals surface area contributed by atoms with Crippen molar-refractivity contribution < 1.29 is 19.1 Å². The second-order valence-electron chi connectivity index (χ2n) is 7.24. The van der Waals surface area contributed by atoms with Crippen molar-refractivity contribution in [1.82, 2.24) is 4.90 Å². The van der Waals surface area contributed by atoms with E-state index in [1.165, 1.54) is 30.3 Å². The normalized spacial score (nSPS) is 15.2. The van der Waals surface area contributed by atoms with Crippen molar-refractivity contribution in [2.24, 2.45) is 10.2 Å². The number of phenols is 1. The van der Waals surface area contributed by atoms with Gasteiger partial charge >= 0.3 is 0 Å². The average Bonchev–Trinajstić information content (AvgIpc) is 3.05. The summed E-state index contributed by atoms with van der Waals surface area (Å²) in [4.78, 5) is 26.2. The van der Waals surface area contributed by atoms with Gasteiger partial charge in [0.25, 0.3) is 11.1 Å². The predicted molar refractivity (Wildman–Crippen MR) is 126 cm³/mol. The van der Waals surface area contributed by atoms with Crippen molar-refractivity contribution in [3.63, 3.8) is 0 Å². The van der Waals surface area contributed by atoms with Crippen molar-refractivity contribution >= 4 is 52.0 Å². The van der Waals surface area contributed by atoms with Gasteiger partial charge in [-0.3, -0.25) is 14.5 Å². The van der Waals surface area contributed by atoms with Gasteiger partial charge < -0.3 is 5.11 Å². The number of aryl methyl sites for hydroxylation is 1. The van der Waals surface area contributed by atoms with Crippen molar-refractivity contribution in [2.75, 3.05) is 0 Å². The molecule has 3 aromatic carbocycles. The van der Waals surface area contributed by atoms with Crippen molar-refractivity contribution in [2.45, 2.75) is 13.5 Å². The molecule has 0 spiro atoms. The van der Waals surface area contributed by atoms with Crippen LogP contribution < -0.4 is 0 Å². The molecular formula is C24H17ClFN3O3S. The van der Waals surface area contributed by atoms with E-state index in [4.69, 9.17) is 11.6 Å². The molecular weight excluding hydrogens is 465 g/mol. The fourth-order valence-electron chi connectivity index (χ4n) is 3.05. The lowest BCUT2D eigenvalue weighted by atomic mass is 10.1. The first-order valence-electron chi connectivity index (χ1n) is 9.81. The van der Waals surface area contributed by atoms with Crippen molar-refractivity contribution in [3.05, 3.63) is 93.1 Å². The molecule has 1 aliphatic rings. The molecule has 3 aromatic rings. The molecule has 0 radical (unpaired) electrons. The summed E-state index contributed by atoms with van der Waals surface area (Å²) in [5, 5.41) is 18.6. The van der Waals surface area contributed by atoms with E-state index < -0.39 is 17.0 Å². The number of rotatable bonds is 5. The molecule has 1 saturated heterocycles. The highest BCUT2D eigenvalue weighted by molar-refractivity contribution is 8.18. The number of hydrogen-bond acceptors (Lipinski definition) is 6. The molecule has 0 aromatic heterocycles. The monoisotopic (exact) mass is 481 g/mol. The van der Waals surface area contributed by atoms with Crippen LogP contribution in [0, 0.1) is 12.7 Å². The maximum atomic E-state index is 13.9. The third kappa shape index (κ3) is 5.13. The number of halogens is 2. The van der Waals surface area contributed by atoms with E-state index in [2.05, 4.69) is 10.2 Å². The minimum atomic E-state index is -0.561. The Bertz CT molecular complexity index is 1330. The van der Waals surface area contributed by atoms with Crippen LogP contribution in [0.5, 0.6) is 5.75 Å². The Hall–Kier alpha value is -3.49. The molecule has 166 valence electrons. The van der Waals surface area contributed by atoms with E-state index in [0.29, 0.717) is 22.0 Å². The maximum Gasteiger partial charge on any atom is 0.293 e. The number of carbonyl (C=O) groups is 2. The largest absolute Gasteiger partial charge is 0.507 e. The summed E-state index contributed by atoms with van der Waals surface area (Å²) in [6, 6.07) is 15.8. The highest BCUT2D eigenvalue weighted by Crippen LogP contribution is 2.36. The molecule has 0 aliphatic carbocycles. The minimum Gasteiger partial charge on any atom is -0.507 e. The van der Waals surface area contributed by atoms with Crippen LogP contribution >= 0.6 is 23.4 Å². The summed E-state index contributed by atoms with van der Waals surface area (Å²) in [6.45, 7) is 1.71. The summed E-state index contributed by atoms with van der Waals surface area (Å²) >= 11 is 6.83. The zero-order valence-corrected chi connectivity index (χ0v) is 18.9. The molecule has 6 nitrogen and oxygen atoms in total. The maximum absolute atomic E-state index is 13.9. The molecule has 0 bridgehead atoms. The first-order chi connectivity index (χ1) is 15.8. The van der Waals surface area contributed by atoms with Gasteiger partial charge in [0.1, 0.15) is 11.6 Å². The number of carbonyl (C=O) groups excluding carboxylic acids is 2. The average molecular weight is 482 g/mol. The molecule has 1 fully saturated rings. The second kappa shape index (κ2) is 9.56. The fourth-order valence-corrected chi connectivity index (χ4v) is 4.06. The number of aromatic hydroxyl groups is 1. The summed E-state index contributed by atoms with van der Waals surface area (Å²) in [7, 11) is 0. The van der Waals surface area contributed by atoms with Crippen LogP contribution in [0.4, 0.5) is 20.6 Å². The molecule has 0 unspecified atom stereocenters. The standard InChI is InChI=1S/C24H17ClFN3O3S/c1-14-6-7-18(12-19(14)25)28-27-17-8-9-21(30)16(10-17)11-22-23(31)29(24(32)33-22)13-15-4-2-3-5-20(15)26/h2-12,30H,13H2,1H3/b22-11-,28-27?. The highest BCUT2D eigenvalue weighted by atomic mass is 35.5. The van der Waals surface area contributed by atoms with E-state index in [0.717, 1.165) is 22.2 Å². The lowest BCUT2D eigenvalue weighted by molar-refractivity contribution is -0.123. The van der Waals surface area contributed by atoms with Gasteiger partial charge in [-0.05, 0) is 66.7 Å². The van der Waals surface area contributed by atoms with Crippen LogP contribution in [-0.2, 0) is 11.3 Å². The van der Waals surface area contributed by atoms with Crippen LogP contribution in [0.2, 0.25) is 5.02 Å². The first-order valence-corrected chi connectivity index (χ1v) is 11.0. The number of thioether (sulfide) groups is 1. The Morgan fingerprint density at radius 3 is 2.48 bits per heavy atom. The van der Waals surface area contributed by atoms with Gasteiger partial charge in [0.15, 0.2) is 0 Å². The number of hydrogen-bond donors (Lipinski definition) is 1. The van der Waals surface area contributed by atoms with Crippen LogP contribution in [0.15, 0.2) is 75.8 Å². The third-order valence-electron chi connectivity index (χ3n) is 4.89. The number of nitrogens with zero attached hydrogens (tertiary/aromatic N) is 3. The summed E-state index contributed by atoms with van der Waals surface area (Å²) in [5.41, 5.74) is 2.45. The number of azo groups is 1. The van der Waals surface area contributed by atoms with Gasteiger partial charge in [0.2, 0.25) is 0 Å². The predicted octanol–water partition coefficient (Wildman–Crippen LogP) is 7.15. The van der Waals surface area contributed by atoms with Gasteiger partial charge in [-0.15, -0.1) is 0 Å². The van der Waals surface area contributed by atoms with E-state index in [1.54, 1.807) is 30.3 Å². The van der Waals surface area contributed by atoms with Gasteiger partial charge in [0.05, 0.1) is 22.8 Å². The summed E-state index contributed by atoms with van der Waals surface area (Å²) in [6.07, 6.45) is 1.41. The first kappa shape index (κ1) is 22.7. The zero-order valence-electron chi connectivity index (χ0n) is 17.3. The topological polar surface area (TPSA) is 82.3 Å². The molecule has 0 atom stereocenters. The molecule has 1 N–H and O–H groups in total. The molecule has 33 heavy (non-hydrogen) atoms. The highest BCUT2D eigenvalue weighted by Gasteiger charge is 2.35. The fraction of sp³-hybridized carbons (Fsp3) is 0.0833. The summed E-state index contributed by atoms with van der Waals surface area (Å²) in [5.74, 6) is -1.15. The Morgan fingerprint density at radius 1 is 1.06 bits per heavy atom. The zero-order chi connectivity index (χ0) is 23.5. The van der Waals surface area contributed by atoms with Gasteiger partial charge in [-0.1, -0.05) is 35.9 Å². The lowest BCUT2D eigenvalue weighted by Crippen LogP contribution is -2.27. The van der Waals surface area contributed by atoms with E-state index in [9.17, 15) is 19.1 Å². The number of phenolic OH excluding ortho intramolecular Hbond substituents is 1. The Morgan fingerprint density at radius 2 is 1.76 bits per heavy atom. The minimum absolute atomic E-state index is 0.0896. The Balaban J connectivity index is 1.56. The van der Waals surface area contributed by atoms with Crippen molar-refractivity contribution in [3.8, 4) is 5.75 Å². The number of amides is 2. The lowest BCUT2D eigenvalue weighted by Gasteiger charge is -2.12. The summed E-state index contributed by atoms with van der Waals surface area (Å²) < 4.78 is 13.9. The smallest absolute Gasteiger partial charge is 0.293 e.